The molecule has 0 saturated carbocycles. The van der Waals surface area contributed by atoms with E-state index >= 15 is 0 Å². The molecule has 0 radical (unpaired) electrons. The van der Waals surface area contributed by atoms with Crippen LogP contribution in [0.2, 0.25) is 0 Å². The highest BCUT2D eigenvalue weighted by molar-refractivity contribution is 5.37. The van der Waals surface area contributed by atoms with E-state index in [1.807, 2.05) is 24.0 Å². The van der Waals surface area contributed by atoms with Crippen LogP contribution in [0, 0.1) is 11.3 Å². The molecule has 1 fully saturated rings. The van der Waals surface area contributed by atoms with Crippen molar-refractivity contribution in [1.82, 2.24) is 14.7 Å². The zero-order valence-corrected chi connectivity index (χ0v) is 12.2. The Morgan fingerprint density at radius 2 is 2.10 bits per heavy atom. The number of hydrogen-bond donors (Lipinski definition) is 1. The molecule has 5 nitrogen and oxygen atoms in total. The fourth-order valence-corrected chi connectivity index (χ4v) is 2.94. The third-order valence-corrected chi connectivity index (χ3v) is 4.05. The van der Waals surface area contributed by atoms with E-state index in [0.717, 1.165) is 25.3 Å². The number of nitrogens with zero attached hydrogens (tertiary/aromatic N) is 4. The third kappa shape index (κ3) is 2.63. The van der Waals surface area contributed by atoms with Crippen molar-refractivity contribution < 1.29 is 0 Å². The van der Waals surface area contributed by atoms with Gasteiger partial charge in [0.05, 0.1) is 24.4 Å². The molecule has 0 amide bonds. The van der Waals surface area contributed by atoms with Crippen molar-refractivity contribution in [2.75, 3.05) is 25.5 Å². The monoisotopic (exact) mass is 281 g/mol. The van der Waals surface area contributed by atoms with Crippen LogP contribution in [0.5, 0.6) is 0 Å². The molecule has 108 valence electrons. The predicted octanol–water partition coefficient (Wildman–Crippen LogP) is 2.05. The van der Waals surface area contributed by atoms with Crippen LogP contribution in [0.1, 0.15) is 12.0 Å². The van der Waals surface area contributed by atoms with Gasteiger partial charge in [0, 0.05) is 32.9 Å². The van der Waals surface area contributed by atoms with E-state index in [4.69, 9.17) is 5.26 Å². The predicted molar refractivity (Wildman–Crippen MR) is 81.7 cm³/mol. The van der Waals surface area contributed by atoms with Crippen LogP contribution >= 0.6 is 0 Å². The molecule has 0 bridgehead atoms. The van der Waals surface area contributed by atoms with Gasteiger partial charge in [0.15, 0.2) is 0 Å². The molecular weight excluding hydrogens is 262 g/mol. The average molecular weight is 281 g/mol. The minimum atomic E-state index is -0.182. The van der Waals surface area contributed by atoms with Gasteiger partial charge in [-0.1, -0.05) is 30.3 Å². The summed E-state index contributed by atoms with van der Waals surface area (Å²) in [5, 5.41) is 16.6. The van der Waals surface area contributed by atoms with Gasteiger partial charge in [-0.2, -0.15) is 10.4 Å². The van der Waals surface area contributed by atoms with Crippen molar-refractivity contribution in [3.63, 3.8) is 0 Å². The van der Waals surface area contributed by atoms with Crippen molar-refractivity contribution >= 4 is 5.69 Å². The van der Waals surface area contributed by atoms with Gasteiger partial charge in [0.25, 0.3) is 0 Å². The highest BCUT2D eigenvalue weighted by atomic mass is 15.4. The van der Waals surface area contributed by atoms with Gasteiger partial charge in [0.2, 0.25) is 0 Å². The Hall–Kier alpha value is -2.32. The number of anilines is 1. The number of aromatic nitrogens is 2. The molecule has 5 heteroatoms. The van der Waals surface area contributed by atoms with Crippen molar-refractivity contribution in [2.24, 2.45) is 0 Å². The normalized spacial score (nSPS) is 17.0. The van der Waals surface area contributed by atoms with Crippen LogP contribution in [0.15, 0.2) is 42.7 Å². The van der Waals surface area contributed by atoms with E-state index in [1.54, 1.807) is 6.20 Å². The molecular formula is C16H19N5. The van der Waals surface area contributed by atoms with Gasteiger partial charge in [-0.05, 0) is 5.56 Å². The Balaban J connectivity index is 1.70. The summed E-state index contributed by atoms with van der Waals surface area (Å²) >= 11 is 0. The Bertz CT molecular complexity index is 634. The molecule has 0 spiro atoms. The lowest BCUT2D eigenvalue weighted by Gasteiger charge is -2.49. The molecule has 3 rings (SSSR count). The van der Waals surface area contributed by atoms with E-state index in [1.165, 1.54) is 5.56 Å². The Kier molecular flexibility index (Phi) is 3.63. The van der Waals surface area contributed by atoms with Crippen LogP contribution in [0.3, 0.4) is 0 Å². The van der Waals surface area contributed by atoms with Crippen LogP contribution < -0.4 is 5.32 Å². The SMILES string of the molecule is CNc1cnn(C2(CC#N)CN(Cc3ccccc3)C2)c1. The molecule has 1 aromatic carbocycles. The summed E-state index contributed by atoms with van der Waals surface area (Å²) in [7, 11) is 1.88. The topological polar surface area (TPSA) is 56.9 Å². The largest absolute Gasteiger partial charge is 0.386 e. The van der Waals surface area contributed by atoms with E-state index in [-0.39, 0.29) is 5.54 Å². The first-order chi connectivity index (χ1) is 10.3. The van der Waals surface area contributed by atoms with Gasteiger partial charge in [0.1, 0.15) is 5.54 Å². The Morgan fingerprint density at radius 3 is 2.71 bits per heavy atom. The van der Waals surface area contributed by atoms with Crippen molar-refractivity contribution in [2.45, 2.75) is 18.5 Å². The molecule has 2 aromatic rings. The smallest absolute Gasteiger partial charge is 0.101 e. The third-order valence-electron chi connectivity index (χ3n) is 4.05. The number of nitriles is 1. The summed E-state index contributed by atoms with van der Waals surface area (Å²) < 4.78 is 1.95. The first-order valence-electron chi connectivity index (χ1n) is 7.12. The van der Waals surface area contributed by atoms with E-state index in [0.29, 0.717) is 6.42 Å². The quantitative estimate of drug-likeness (QED) is 0.911. The maximum atomic E-state index is 9.14. The summed E-state index contributed by atoms with van der Waals surface area (Å²) in [4.78, 5) is 2.35. The average Bonchev–Trinajstić information content (AvgIpc) is 2.95. The molecule has 1 aromatic heterocycles. The maximum absolute atomic E-state index is 9.14. The van der Waals surface area contributed by atoms with E-state index in [2.05, 4.69) is 45.7 Å². The molecule has 1 saturated heterocycles. The lowest BCUT2D eigenvalue weighted by molar-refractivity contribution is -0.000883. The number of hydrogen-bond acceptors (Lipinski definition) is 4. The second kappa shape index (κ2) is 5.58. The van der Waals surface area contributed by atoms with Gasteiger partial charge in [-0.3, -0.25) is 9.58 Å². The summed E-state index contributed by atoms with van der Waals surface area (Å²) in [6.07, 6.45) is 4.28. The first kappa shape index (κ1) is 13.7. The van der Waals surface area contributed by atoms with E-state index < -0.39 is 0 Å². The summed E-state index contributed by atoms with van der Waals surface area (Å²) in [6.45, 7) is 2.65. The Labute approximate surface area is 124 Å². The van der Waals surface area contributed by atoms with Crippen molar-refractivity contribution in [1.29, 1.82) is 5.26 Å². The molecule has 1 aliphatic heterocycles. The number of nitrogens with one attached hydrogen (secondary N) is 1. The van der Waals surface area contributed by atoms with Gasteiger partial charge in [-0.15, -0.1) is 0 Å². The molecule has 2 heterocycles. The maximum Gasteiger partial charge on any atom is 0.101 e. The highest BCUT2D eigenvalue weighted by Gasteiger charge is 2.45. The molecule has 0 aliphatic carbocycles. The van der Waals surface area contributed by atoms with E-state index in [9.17, 15) is 0 Å². The fourth-order valence-electron chi connectivity index (χ4n) is 2.94. The minimum absolute atomic E-state index is 0.182. The lowest BCUT2D eigenvalue weighted by Crippen LogP contribution is -2.62. The lowest BCUT2D eigenvalue weighted by atomic mass is 9.86. The van der Waals surface area contributed by atoms with Crippen molar-refractivity contribution in [3.05, 3.63) is 48.3 Å². The number of likely N-dealkylation sites (tertiary alicyclic amines) is 1. The Morgan fingerprint density at radius 1 is 1.33 bits per heavy atom. The molecule has 0 unspecified atom stereocenters. The summed E-state index contributed by atoms with van der Waals surface area (Å²) in [5.74, 6) is 0. The second-order valence-electron chi connectivity index (χ2n) is 5.61. The molecule has 0 atom stereocenters. The van der Waals surface area contributed by atoms with Crippen LogP contribution in [0.4, 0.5) is 5.69 Å². The van der Waals surface area contributed by atoms with Crippen LogP contribution in [-0.4, -0.2) is 34.8 Å². The highest BCUT2D eigenvalue weighted by Crippen LogP contribution is 2.33. The van der Waals surface area contributed by atoms with Gasteiger partial charge < -0.3 is 5.32 Å². The number of rotatable bonds is 5. The van der Waals surface area contributed by atoms with Gasteiger partial charge >= 0.3 is 0 Å². The van der Waals surface area contributed by atoms with Crippen LogP contribution in [-0.2, 0) is 12.1 Å². The standard InChI is InChI=1S/C16H19N5/c1-18-15-9-19-21(11-15)16(7-8-17)12-20(13-16)10-14-5-3-2-4-6-14/h2-6,9,11,18H,7,10,12-13H2,1H3. The van der Waals surface area contributed by atoms with Crippen molar-refractivity contribution in [3.8, 4) is 6.07 Å². The minimum Gasteiger partial charge on any atom is -0.386 e. The fraction of sp³-hybridized carbons (Fsp3) is 0.375. The first-order valence-corrected chi connectivity index (χ1v) is 7.12. The number of benzene rings is 1. The van der Waals surface area contributed by atoms with Crippen LogP contribution in [0.25, 0.3) is 0 Å². The second-order valence-corrected chi connectivity index (χ2v) is 5.61. The zero-order valence-electron chi connectivity index (χ0n) is 12.2. The molecule has 1 N–H and O–H groups in total. The zero-order chi connectivity index (χ0) is 14.7. The van der Waals surface area contributed by atoms with Gasteiger partial charge in [-0.25, -0.2) is 0 Å². The molecule has 1 aliphatic rings. The summed E-state index contributed by atoms with van der Waals surface area (Å²) in [5.41, 5.74) is 2.10. The molecule has 21 heavy (non-hydrogen) atoms. The summed E-state index contributed by atoms with van der Waals surface area (Å²) in [6, 6.07) is 12.7.